The molecule has 7 heteroatoms. The minimum Gasteiger partial charge on any atom is -0.378 e. The largest absolute Gasteiger partial charge is 0.378 e. The summed E-state index contributed by atoms with van der Waals surface area (Å²) in [5.74, 6) is -0.0875. The van der Waals surface area contributed by atoms with E-state index in [-0.39, 0.29) is 23.7 Å². The Hall–Kier alpha value is -2.93. The molecule has 2 aromatic rings. The van der Waals surface area contributed by atoms with E-state index in [2.05, 4.69) is 4.90 Å². The van der Waals surface area contributed by atoms with Gasteiger partial charge in [-0.05, 0) is 48.7 Å². The molecule has 6 nitrogen and oxygen atoms in total. The summed E-state index contributed by atoms with van der Waals surface area (Å²) >= 11 is 0. The van der Waals surface area contributed by atoms with Crippen molar-refractivity contribution in [2.75, 3.05) is 51.7 Å². The van der Waals surface area contributed by atoms with E-state index in [0.717, 1.165) is 30.6 Å². The molecule has 0 bridgehead atoms. The Kier molecular flexibility index (Phi) is 6.74. The maximum Gasteiger partial charge on any atom is 0.253 e. The van der Waals surface area contributed by atoms with Crippen LogP contribution in [0.4, 0.5) is 10.1 Å². The summed E-state index contributed by atoms with van der Waals surface area (Å²) in [6.45, 7) is 4.03. The molecule has 2 saturated heterocycles. The van der Waals surface area contributed by atoms with Crippen LogP contribution in [0.5, 0.6) is 0 Å². The van der Waals surface area contributed by atoms with Crippen molar-refractivity contribution in [3.63, 3.8) is 0 Å². The van der Waals surface area contributed by atoms with Crippen LogP contribution in [0.1, 0.15) is 28.8 Å². The number of carbonyl (C=O) groups is 2. The molecule has 0 saturated carbocycles. The maximum absolute atomic E-state index is 13.2. The van der Waals surface area contributed by atoms with Crippen LogP contribution in [0.2, 0.25) is 0 Å². The monoisotopic (exact) mass is 438 g/mol. The van der Waals surface area contributed by atoms with E-state index >= 15 is 0 Å². The highest BCUT2D eigenvalue weighted by Crippen LogP contribution is 2.22. The summed E-state index contributed by atoms with van der Waals surface area (Å²) in [7, 11) is 3.93. The van der Waals surface area contributed by atoms with Crippen molar-refractivity contribution in [3.05, 3.63) is 65.5 Å². The van der Waals surface area contributed by atoms with Crippen LogP contribution in [0.3, 0.4) is 0 Å². The van der Waals surface area contributed by atoms with Crippen LogP contribution < -0.4 is 4.90 Å². The van der Waals surface area contributed by atoms with Crippen molar-refractivity contribution in [1.29, 1.82) is 0 Å². The summed E-state index contributed by atoms with van der Waals surface area (Å²) < 4.78 is 13.2. The zero-order chi connectivity index (χ0) is 22.7. The van der Waals surface area contributed by atoms with Gasteiger partial charge < -0.3 is 14.7 Å². The Labute approximate surface area is 189 Å². The van der Waals surface area contributed by atoms with Gasteiger partial charge in [-0.15, -0.1) is 0 Å². The second-order valence-electron chi connectivity index (χ2n) is 8.82. The molecule has 2 fully saturated rings. The number of benzene rings is 2. The Morgan fingerprint density at radius 2 is 1.81 bits per heavy atom. The zero-order valence-corrected chi connectivity index (χ0v) is 18.8. The van der Waals surface area contributed by atoms with E-state index < -0.39 is 0 Å². The standard InChI is InChI=1S/C25H31FN4O2/c1-27(2)22-6-3-5-20(17-22)24(31)29-13-4-12-28(15-16-29)23-11-14-30(25(23)32)18-19-7-9-21(26)10-8-19/h3,5-10,17,23H,4,11-16,18H2,1-2H3/t23-/m0/s1. The average Bonchev–Trinajstić information content (AvgIpc) is 2.99. The van der Waals surface area contributed by atoms with Crippen molar-refractivity contribution in [2.24, 2.45) is 0 Å². The molecule has 2 aliphatic heterocycles. The number of rotatable bonds is 5. The van der Waals surface area contributed by atoms with Gasteiger partial charge in [0.1, 0.15) is 5.82 Å². The fourth-order valence-electron chi connectivity index (χ4n) is 4.58. The lowest BCUT2D eigenvalue weighted by atomic mass is 10.1. The highest BCUT2D eigenvalue weighted by Gasteiger charge is 2.36. The number of hydrogen-bond donors (Lipinski definition) is 0. The summed E-state index contributed by atoms with van der Waals surface area (Å²) in [4.78, 5) is 34.1. The van der Waals surface area contributed by atoms with Crippen LogP contribution in [0, 0.1) is 5.82 Å². The van der Waals surface area contributed by atoms with E-state index in [1.165, 1.54) is 12.1 Å². The van der Waals surface area contributed by atoms with E-state index in [1.54, 1.807) is 12.1 Å². The van der Waals surface area contributed by atoms with E-state index in [4.69, 9.17) is 0 Å². The van der Waals surface area contributed by atoms with Crippen molar-refractivity contribution in [1.82, 2.24) is 14.7 Å². The minimum atomic E-state index is -0.267. The lowest BCUT2D eigenvalue weighted by molar-refractivity contribution is -0.132. The van der Waals surface area contributed by atoms with Gasteiger partial charge in [-0.1, -0.05) is 18.2 Å². The number of hydrogen-bond acceptors (Lipinski definition) is 4. The van der Waals surface area contributed by atoms with Gasteiger partial charge in [0.25, 0.3) is 5.91 Å². The van der Waals surface area contributed by atoms with Gasteiger partial charge in [-0.2, -0.15) is 0 Å². The van der Waals surface area contributed by atoms with Crippen LogP contribution >= 0.6 is 0 Å². The molecule has 170 valence electrons. The van der Waals surface area contributed by atoms with Crippen molar-refractivity contribution < 1.29 is 14.0 Å². The molecular formula is C25H31FN4O2. The number of halogens is 1. The fourth-order valence-corrected chi connectivity index (χ4v) is 4.58. The molecule has 0 unspecified atom stereocenters. The number of likely N-dealkylation sites (tertiary alicyclic amines) is 1. The second-order valence-corrected chi connectivity index (χ2v) is 8.82. The van der Waals surface area contributed by atoms with Crippen LogP contribution in [-0.4, -0.2) is 79.4 Å². The average molecular weight is 439 g/mol. The van der Waals surface area contributed by atoms with Gasteiger partial charge in [0.2, 0.25) is 5.91 Å². The molecule has 0 N–H and O–H groups in total. The van der Waals surface area contributed by atoms with Crippen LogP contribution in [0.15, 0.2) is 48.5 Å². The third-order valence-electron chi connectivity index (χ3n) is 6.42. The van der Waals surface area contributed by atoms with Crippen molar-refractivity contribution >= 4 is 17.5 Å². The SMILES string of the molecule is CN(C)c1cccc(C(=O)N2CCCN([C@H]3CCN(Cc4ccc(F)cc4)C3=O)CC2)c1. The number of anilines is 1. The predicted molar refractivity (Wildman–Crippen MR) is 123 cm³/mol. The zero-order valence-electron chi connectivity index (χ0n) is 18.8. The number of carbonyl (C=O) groups excluding carboxylic acids is 2. The van der Waals surface area contributed by atoms with E-state index in [9.17, 15) is 14.0 Å². The normalized spacial score (nSPS) is 19.8. The van der Waals surface area contributed by atoms with Gasteiger partial charge in [0, 0.05) is 64.6 Å². The lowest BCUT2D eigenvalue weighted by Gasteiger charge is -2.27. The Morgan fingerprint density at radius 1 is 1.03 bits per heavy atom. The third kappa shape index (κ3) is 4.93. The van der Waals surface area contributed by atoms with E-state index in [0.29, 0.717) is 38.3 Å². The Morgan fingerprint density at radius 3 is 2.56 bits per heavy atom. The molecule has 0 spiro atoms. The molecule has 2 amide bonds. The van der Waals surface area contributed by atoms with Gasteiger partial charge in [-0.3, -0.25) is 14.5 Å². The van der Waals surface area contributed by atoms with E-state index in [1.807, 2.05) is 53.1 Å². The first-order chi connectivity index (χ1) is 15.4. The smallest absolute Gasteiger partial charge is 0.253 e. The fraction of sp³-hybridized carbons (Fsp3) is 0.440. The third-order valence-corrected chi connectivity index (χ3v) is 6.42. The minimum absolute atomic E-state index is 0.0474. The van der Waals surface area contributed by atoms with Gasteiger partial charge in [0.05, 0.1) is 6.04 Å². The molecule has 2 aromatic carbocycles. The predicted octanol–water partition coefficient (Wildman–Crippen LogP) is 2.84. The molecule has 1 atom stereocenters. The summed E-state index contributed by atoms with van der Waals surface area (Å²) in [6, 6.07) is 13.9. The lowest BCUT2D eigenvalue weighted by Crippen LogP contribution is -2.44. The van der Waals surface area contributed by atoms with Crippen LogP contribution in [0.25, 0.3) is 0 Å². The first-order valence-electron chi connectivity index (χ1n) is 11.3. The first kappa shape index (κ1) is 22.3. The maximum atomic E-state index is 13.2. The molecule has 4 rings (SSSR count). The number of amides is 2. The molecular weight excluding hydrogens is 407 g/mol. The summed E-state index contributed by atoms with van der Waals surface area (Å²) in [6.07, 6.45) is 1.64. The van der Waals surface area contributed by atoms with Crippen LogP contribution in [-0.2, 0) is 11.3 Å². The van der Waals surface area contributed by atoms with Gasteiger partial charge in [-0.25, -0.2) is 4.39 Å². The van der Waals surface area contributed by atoms with Crippen molar-refractivity contribution in [3.8, 4) is 0 Å². The molecule has 0 aromatic heterocycles. The summed E-state index contributed by atoms with van der Waals surface area (Å²) in [5, 5.41) is 0. The van der Waals surface area contributed by atoms with Gasteiger partial charge >= 0.3 is 0 Å². The molecule has 32 heavy (non-hydrogen) atoms. The van der Waals surface area contributed by atoms with Crippen molar-refractivity contribution in [2.45, 2.75) is 25.4 Å². The molecule has 2 heterocycles. The Balaban J connectivity index is 1.36. The Bertz CT molecular complexity index is 963. The first-order valence-corrected chi connectivity index (χ1v) is 11.3. The second kappa shape index (κ2) is 9.69. The highest BCUT2D eigenvalue weighted by molar-refractivity contribution is 5.95. The molecule has 0 radical (unpaired) electrons. The molecule has 2 aliphatic rings. The molecule has 0 aliphatic carbocycles. The quantitative estimate of drug-likeness (QED) is 0.720. The van der Waals surface area contributed by atoms with Gasteiger partial charge in [0.15, 0.2) is 0 Å². The topological polar surface area (TPSA) is 47.1 Å². The summed E-state index contributed by atoms with van der Waals surface area (Å²) in [5.41, 5.74) is 2.64. The highest BCUT2D eigenvalue weighted by atomic mass is 19.1. The number of nitrogens with zero attached hydrogens (tertiary/aromatic N) is 4.